The molecule has 2 aromatic carbocycles. The Morgan fingerprint density at radius 3 is 2.42 bits per heavy atom. The second kappa shape index (κ2) is 9.45. The minimum absolute atomic E-state index is 0.0312. The van der Waals surface area contributed by atoms with Crippen molar-refractivity contribution < 1.29 is 4.74 Å². The summed E-state index contributed by atoms with van der Waals surface area (Å²) < 4.78 is 7.10. The largest absolute Gasteiger partial charge is 0.383 e. The summed E-state index contributed by atoms with van der Waals surface area (Å²) in [6.45, 7) is 6.62. The number of aromatic nitrogens is 2. The van der Waals surface area contributed by atoms with E-state index in [9.17, 15) is 4.79 Å². The van der Waals surface area contributed by atoms with Crippen LogP contribution < -0.4 is 10.5 Å². The summed E-state index contributed by atoms with van der Waals surface area (Å²) in [5.74, 6) is 0.706. The van der Waals surface area contributed by atoms with E-state index in [1.54, 1.807) is 11.7 Å². The second-order valence-electron chi connectivity index (χ2n) is 7.99. The fourth-order valence-corrected chi connectivity index (χ4v) is 4.00. The van der Waals surface area contributed by atoms with Gasteiger partial charge in [-0.15, -0.1) is 0 Å². The quantitative estimate of drug-likeness (QED) is 0.585. The Morgan fingerprint density at radius 2 is 1.74 bits per heavy atom. The number of hydrogen-bond donors (Lipinski definition) is 0. The molecule has 2 heterocycles. The molecule has 6 heteroatoms. The molecule has 0 saturated heterocycles. The summed E-state index contributed by atoms with van der Waals surface area (Å²) in [5.41, 5.74) is 5.02. The Kier molecular flexibility index (Phi) is 6.49. The Hall–Kier alpha value is -2.96. The van der Waals surface area contributed by atoms with Crippen molar-refractivity contribution in [2.45, 2.75) is 33.4 Å². The number of hydrogen-bond acceptors (Lipinski definition) is 5. The van der Waals surface area contributed by atoms with Crippen molar-refractivity contribution in [2.75, 3.05) is 31.8 Å². The van der Waals surface area contributed by atoms with Gasteiger partial charge in [0, 0.05) is 31.3 Å². The van der Waals surface area contributed by atoms with Crippen LogP contribution in [0.4, 0.5) is 11.6 Å². The molecule has 0 saturated carbocycles. The van der Waals surface area contributed by atoms with E-state index in [-0.39, 0.29) is 5.56 Å². The number of benzene rings is 2. The average Bonchev–Trinajstić information content (AvgIpc) is 2.81. The van der Waals surface area contributed by atoms with E-state index in [2.05, 4.69) is 53.1 Å². The van der Waals surface area contributed by atoms with E-state index in [1.807, 2.05) is 25.1 Å². The third-order valence-corrected chi connectivity index (χ3v) is 5.87. The predicted molar refractivity (Wildman–Crippen MR) is 124 cm³/mol. The van der Waals surface area contributed by atoms with Crippen molar-refractivity contribution in [1.82, 2.24) is 14.5 Å². The molecule has 3 aromatic rings. The molecule has 0 aliphatic carbocycles. The molecule has 6 nitrogen and oxygen atoms in total. The number of anilines is 2. The first kappa shape index (κ1) is 21.3. The van der Waals surface area contributed by atoms with Gasteiger partial charge in [0.15, 0.2) is 0 Å². The van der Waals surface area contributed by atoms with Crippen LogP contribution in [0.5, 0.6) is 0 Å². The van der Waals surface area contributed by atoms with Crippen molar-refractivity contribution in [3.05, 3.63) is 87.3 Å². The summed E-state index contributed by atoms with van der Waals surface area (Å²) in [6.07, 6.45) is 1.58. The molecule has 31 heavy (non-hydrogen) atoms. The van der Waals surface area contributed by atoms with Gasteiger partial charge in [0.1, 0.15) is 0 Å². The molecule has 1 aliphatic rings. The maximum atomic E-state index is 13.6. The lowest BCUT2D eigenvalue weighted by Crippen LogP contribution is -2.48. The first-order valence-corrected chi connectivity index (χ1v) is 10.8. The van der Waals surface area contributed by atoms with E-state index in [0.29, 0.717) is 32.3 Å². The minimum atomic E-state index is 0.0312. The molecular weight excluding hydrogens is 388 g/mol. The summed E-state index contributed by atoms with van der Waals surface area (Å²) >= 11 is 0. The Labute approximate surface area is 183 Å². The normalized spacial score (nSPS) is 14.0. The monoisotopic (exact) mass is 418 g/mol. The molecular formula is C25H30N4O2. The zero-order chi connectivity index (χ0) is 21.8. The summed E-state index contributed by atoms with van der Waals surface area (Å²) in [7, 11) is 1.70. The van der Waals surface area contributed by atoms with E-state index in [1.165, 1.54) is 5.56 Å². The Balaban J connectivity index is 1.76. The van der Waals surface area contributed by atoms with Gasteiger partial charge in [-0.2, -0.15) is 0 Å². The van der Waals surface area contributed by atoms with Gasteiger partial charge in [0.05, 0.1) is 25.6 Å². The molecule has 1 aliphatic heterocycles. The molecule has 0 amide bonds. The number of nitrogens with zero attached hydrogens (tertiary/aromatic N) is 4. The van der Waals surface area contributed by atoms with Crippen LogP contribution in [0, 0.1) is 6.92 Å². The van der Waals surface area contributed by atoms with Crippen molar-refractivity contribution in [1.29, 1.82) is 0 Å². The smallest absolute Gasteiger partial charge is 0.259 e. The minimum Gasteiger partial charge on any atom is -0.383 e. The third-order valence-electron chi connectivity index (χ3n) is 5.87. The maximum absolute atomic E-state index is 13.6. The zero-order valence-corrected chi connectivity index (χ0v) is 18.5. The number of fused-ring (bicyclic) bond motifs is 1. The van der Waals surface area contributed by atoms with Crippen LogP contribution in [-0.4, -0.2) is 41.4 Å². The van der Waals surface area contributed by atoms with Gasteiger partial charge in [-0.3, -0.25) is 19.2 Å². The van der Waals surface area contributed by atoms with Gasteiger partial charge in [-0.1, -0.05) is 49.4 Å². The van der Waals surface area contributed by atoms with Gasteiger partial charge in [-0.25, -0.2) is 4.98 Å². The molecule has 0 atom stereocenters. The van der Waals surface area contributed by atoms with Crippen LogP contribution in [0.3, 0.4) is 0 Å². The highest BCUT2D eigenvalue weighted by Crippen LogP contribution is 2.28. The number of ether oxygens (including phenoxy) is 1. The number of methoxy groups -OCH3 is 1. The molecule has 0 unspecified atom stereocenters. The fraction of sp³-hybridized carbons (Fsp3) is 0.360. The van der Waals surface area contributed by atoms with Crippen molar-refractivity contribution in [3.63, 3.8) is 0 Å². The van der Waals surface area contributed by atoms with Crippen LogP contribution >= 0.6 is 0 Å². The van der Waals surface area contributed by atoms with Gasteiger partial charge in [0.2, 0.25) is 5.95 Å². The lowest BCUT2D eigenvalue weighted by atomic mass is 10.1. The van der Waals surface area contributed by atoms with Crippen LogP contribution in [0.2, 0.25) is 0 Å². The SMILES string of the molecule is CCc1ccc(N2CN(CCOC)Cn3c2nc(C)c(Cc2ccccc2)c3=O)cc1. The van der Waals surface area contributed by atoms with Gasteiger partial charge < -0.3 is 4.74 Å². The molecule has 4 rings (SSSR count). The molecule has 0 N–H and O–H groups in total. The van der Waals surface area contributed by atoms with E-state index in [0.717, 1.165) is 35.5 Å². The molecule has 0 radical (unpaired) electrons. The molecule has 162 valence electrons. The van der Waals surface area contributed by atoms with Gasteiger partial charge in [0.25, 0.3) is 5.56 Å². The Bertz CT molecular complexity index is 1080. The topological polar surface area (TPSA) is 50.6 Å². The third kappa shape index (κ3) is 4.55. The highest BCUT2D eigenvalue weighted by molar-refractivity contribution is 5.59. The fourth-order valence-electron chi connectivity index (χ4n) is 4.00. The van der Waals surface area contributed by atoms with Crippen LogP contribution in [0.1, 0.15) is 29.3 Å². The van der Waals surface area contributed by atoms with E-state index >= 15 is 0 Å². The summed E-state index contributed by atoms with van der Waals surface area (Å²) in [6, 6.07) is 18.6. The standard InChI is InChI=1S/C25H30N4O2/c1-4-20-10-12-22(13-11-20)28-17-27(14-15-31-3)18-29-24(30)23(19(2)26-25(28)29)16-21-8-6-5-7-9-21/h5-13H,4,14-18H2,1-3H3. The van der Waals surface area contributed by atoms with E-state index < -0.39 is 0 Å². The summed E-state index contributed by atoms with van der Waals surface area (Å²) in [4.78, 5) is 22.8. The van der Waals surface area contributed by atoms with E-state index in [4.69, 9.17) is 9.72 Å². The zero-order valence-electron chi connectivity index (χ0n) is 18.5. The van der Waals surface area contributed by atoms with Crippen LogP contribution in [-0.2, 0) is 24.2 Å². The number of rotatable bonds is 7. The molecule has 0 spiro atoms. The van der Waals surface area contributed by atoms with Crippen molar-refractivity contribution in [3.8, 4) is 0 Å². The highest BCUT2D eigenvalue weighted by Gasteiger charge is 2.27. The van der Waals surface area contributed by atoms with Gasteiger partial charge in [-0.05, 0) is 36.6 Å². The van der Waals surface area contributed by atoms with Crippen LogP contribution in [0.15, 0.2) is 59.4 Å². The second-order valence-corrected chi connectivity index (χ2v) is 7.99. The molecule has 1 aromatic heterocycles. The Morgan fingerprint density at radius 1 is 1.00 bits per heavy atom. The molecule has 0 bridgehead atoms. The first-order chi connectivity index (χ1) is 15.1. The molecule has 0 fully saturated rings. The first-order valence-electron chi connectivity index (χ1n) is 10.8. The lowest BCUT2D eigenvalue weighted by molar-refractivity contribution is 0.121. The number of aryl methyl sites for hydroxylation is 2. The summed E-state index contributed by atoms with van der Waals surface area (Å²) in [5, 5.41) is 0. The predicted octanol–water partition coefficient (Wildman–Crippen LogP) is 3.72. The van der Waals surface area contributed by atoms with Crippen LogP contribution in [0.25, 0.3) is 0 Å². The average molecular weight is 419 g/mol. The highest BCUT2D eigenvalue weighted by atomic mass is 16.5. The van der Waals surface area contributed by atoms with Gasteiger partial charge >= 0.3 is 0 Å². The lowest BCUT2D eigenvalue weighted by Gasteiger charge is -2.38. The van der Waals surface area contributed by atoms with Crippen molar-refractivity contribution in [2.24, 2.45) is 0 Å². The van der Waals surface area contributed by atoms with Crippen molar-refractivity contribution >= 4 is 11.6 Å². The maximum Gasteiger partial charge on any atom is 0.259 e.